The summed E-state index contributed by atoms with van der Waals surface area (Å²) in [5.41, 5.74) is 2.58. The summed E-state index contributed by atoms with van der Waals surface area (Å²) in [5, 5.41) is 17.7. The zero-order valence-electron chi connectivity index (χ0n) is 16.1. The molecule has 0 fully saturated rings. The van der Waals surface area contributed by atoms with Crippen LogP contribution in [-0.4, -0.2) is 38.2 Å². The van der Waals surface area contributed by atoms with E-state index in [0.717, 1.165) is 18.0 Å². The number of hydrogen-bond acceptors (Lipinski definition) is 5. The zero-order chi connectivity index (χ0) is 19.8. The van der Waals surface area contributed by atoms with Crippen LogP contribution in [0, 0.1) is 6.92 Å². The number of carbonyl (C=O) groups is 1. The molecule has 0 aliphatic heterocycles. The van der Waals surface area contributed by atoms with E-state index >= 15 is 0 Å². The fourth-order valence-corrected chi connectivity index (χ4v) is 3.54. The lowest BCUT2D eigenvalue weighted by molar-refractivity contribution is -0.133. The number of aliphatic carboxylic acids is 1. The van der Waals surface area contributed by atoms with Crippen LogP contribution < -0.4 is 4.74 Å². The third kappa shape index (κ3) is 6.13. The normalized spacial score (nSPS) is 11.0. The number of aromatic nitrogens is 3. The lowest BCUT2D eigenvalue weighted by Gasteiger charge is -2.12. The molecule has 146 valence electrons. The highest BCUT2D eigenvalue weighted by Gasteiger charge is 2.13. The minimum absolute atomic E-state index is 0.0376. The molecule has 1 aromatic carbocycles. The van der Waals surface area contributed by atoms with Gasteiger partial charge in [0, 0.05) is 13.0 Å². The Morgan fingerprint density at radius 2 is 2.19 bits per heavy atom. The average molecular weight is 390 g/mol. The molecule has 7 heteroatoms. The van der Waals surface area contributed by atoms with Crippen molar-refractivity contribution < 1.29 is 14.6 Å². The van der Waals surface area contributed by atoms with Crippen LogP contribution >= 0.6 is 11.8 Å². The van der Waals surface area contributed by atoms with Crippen LogP contribution in [0.3, 0.4) is 0 Å². The fourth-order valence-electron chi connectivity index (χ4n) is 2.86. The third-order valence-electron chi connectivity index (χ3n) is 4.11. The minimum atomic E-state index is -0.873. The molecule has 2 aromatic rings. The Bertz CT molecular complexity index is 787. The standard InChI is InChI=1S/C20H27N3O3S/c1-5-10-23-18(21-22-20(23)27-13-19(24)25)7-6-11-26-16-8-9-17(14(2)3)15(4)12-16/h5,8-9,12,14H,1,6-7,10-11,13H2,2-4H3,(H,24,25). The maximum absolute atomic E-state index is 10.8. The molecule has 0 atom stereocenters. The second-order valence-electron chi connectivity index (χ2n) is 6.61. The number of rotatable bonds is 11. The largest absolute Gasteiger partial charge is 0.494 e. The summed E-state index contributed by atoms with van der Waals surface area (Å²) < 4.78 is 7.77. The topological polar surface area (TPSA) is 77.2 Å². The van der Waals surface area contributed by atoms with E-state index in [2.05, 4.69) is 49.7 Å². The quantitative estimate of drug-likeness (QED) is 0.354. The van der Waals surface area contributed by atoms with Gasteiger partial charge < -0.3 is 14.4 Å². The number of nitrogens with zero attached hydrogens (tertiary/aromatic N) is 3. The molecule has 27 heavy (non-hydrogen) atoms. The second kappa shape index (κ2) is 10.2. The van der Waals surface area contributed by atoms with Gasteiger partial charge in [0.15, 0.2) is 5.16 Å². The minimum Gasteiger partial charge on any atom is -0.494 e. The summed E-state index contributed by atoms with van der Waals surface area (Å²) in [6, 6.07) is 6.22. The summed E-state index contributed by atoms with van der Waals surface area (Å²) in [5.74, 6) is 1.29. The summed E-state index contributed by atoms with van der Waals surface area (Å²) in [6.07, 6.45) is 3.26. The van der Waals surface area contributed by atoms with Crippen LogP contribution in [0.1, 0.15) is 43.1 Å². The Kier molecular flexibility index (Phi) is 7.91. The molecule has 0 aliphatic rings. The molecule has 1 aromatic heterocycles. The number of hydrogen-bond donors (Lipinski definition) is 1. The molecule has 1 heterocycles. The van der Waals surface area contributed by atoms with E-state index in [1.807, 2.05) is 10.6 Å². The molecule has 1 N–H and O–H groups in total. The Labute approximate surface area is 164 Å². The summed E-state index contributed by atoms with van der Waals surface area (Å²) in [7, 11) is 0. The van der Waals surface area contributed by atoms with Crippen molar-refractivity contribution in [2.75, 3.05) is 12.4 Å². The van der Waals surface area contributed by atoms with Crippen molar-refractivity contribution in [1.82, 2.24) is 14.8 Å². The van der Waals surface area contributed by atoms with Gasteiger partial charge in [-0.3, -0.25) is 4.79 Å². The molecule has 0 amide bonds. The first kappa shape index (κ1) is 21.0. The van der Waals surface area contributed by atoms with Gasteiger partial charge >= 0.3 is 5.97 Å². The molecule has 0 bridgehead atoms. The van der Waals surface area contributed by atoms with Gasteiger partial charge in [0.05, 0.1) is 12.4 Å². The molecule has 0 unspecified atom stereocenters. The first-order valence-electron chi connectivity index (χ1n) is 9.03. The van der Waals surface area contributed by atoms with Crippen molar-refractivity contribution in [3.8, 4) is 5.75 Å². The molecular formula is C20H27N3O3S. The van der Waals surface area contributed by atoms with E-state index in [9.17, 15) is 4.79 Å². The number of carboxylic acid groups (broad SMARTS) is 1. The maximum atomic E-state index is 10.8. The third-order valence-corrected chi connectivity index (χ3v) is 5.06. The van der Waals surface area contributed by atoms with Crippen molar-refractivity contribution in [2.24, 2.45) is 0 Å². The predicted octanol–water partition coefficient (Wildman–Crippen LogP) is 4.08. The van der Waals surface area contributed by atoms with Crippen molar-refractivity contribution >= 4 is 17.7 Å². The predicted molar refractivity (Wildman–Crippen MR) is 108 cm³/mol. The lowest BCUT2D eigenvalue weighted by Crippen LogP contribution is -2.08. The molecular weight excluding hydrogens is 362 g/mol. The van der Waals surface area contributed by atoms with E-state index in [-0.39, 0.29) is 5.75 Å². The Morgan fingerprint density at radius 1 is 1.41 bits per heavy atom. The number of carboxylic acids is 1. The molecule has 0 radical (unpaired) electrons. The van der Waals surface area contributed by atoms with Crippen LogP contribution in [0.15, 0.2) is 36.0 Å². The lowest BCUT2D eigenvalue weighted by atomic mass is 9.98. The zero-order valence-corrected chi connectivity index (χ0v) is 17.0. The Hall–Kier alpha value is -2.28. The van der Waals surface area contributed by atoms with Crippen molar-refractivity contribution in [3.63, 3.8) is 0 Å². The van der Waals surface area contributed by atoms with Gasteiger partial charge in [-0.05, 0) is 42.5 Å². The Balaban J connectivity index is 1.90. The first-order chi connectivity index (χ1) is 12.9. The average Bonchev–Trinajstić information content (AvgIpc) is 2.99. The fraction of sp³-hybridized carbons (Fsp3) is 0.450. The SMILES string of the molecule is C=CCn1c(CCCOc2ccc(C(C)C)c(C)c2)nnc1SCC(=O)O. The smallest absolute Gasteiger partial charge is 0.313 e. The van der Waals surface area contributed by atoms with Crippen LogP contribution in [-0.2, 0) is 17.8 Å². The number of ether oxygens (including phenoxy) is 1. The summed E-state index contributed by atoms with van der Waals surface area (Å²) >= 11 is 1.17. The van der Waals surface area contributed by atoms with Gasteiger partial charge in [0.2, 0.25) is 0 Å². The summed E-state index contributed by atoms with van der Waals surface area (Å²) in [6.45, 7) is 11.4. The highest BCUT2D eigenvalue weighted by molar-refractivity contribution is 7.99. The number of benzene rings is 1. The van der Waals surface area contributed by atoms with Crippen molar-refractivity contribution in [3.05, 3.63) is 47.8 Å². The van der Waals surface area contributed by atoms with Gasteiger partial charge in [0.1, 0.15) is 11.6 Å². The first-order valence-corrected chi connectivity index (χ1v) is 10.0. The highest BCUT2D eigenvalue weighted by Crippen LogP contribution is 2.23. The van der Waals surface area contributed by atoms with E-state index in [1.54, 1.807) is 6.08 Å². The maximum Gasteiger partial charge on any atom is 0.313 e. The second-order valence-corrected chi connectivity index (χ2v) is 7.55. The van der Waals surface area contributed by atoms with Crippen molar-refractivity contribution in [2.45, 2.75) is 51.2 Å². The van der Waals surface area contributed by atoms with E-state index in [0.29, 0.717) is 30.6 Å². The van der Waals surface area contributed by atoms with E-state index in [4.69, 9.17) is 9.84 Å². The van der Waals surface area contributed by atoms with Crippen LogP contribution in [0.25, 0.3) is 0 Å². The van der Waals surface area contributed by atoms with E-state index < -0.39 is 5.97 Å². The molecule has 0 saturated heterocycles. The summed E-state index contributed by atoms with van der Waals surface area (Å²) in [4.78, 5) is 10.8. The van der Waals surface area contributed by atoms with Crippen LogP contribution in [0.2, 0.25) is 0 Å². The van der Waals surface area contributed by atoms with Crippen molar-refractivity contribution in [1.29, 1.82) is 0 Å². The molecule has 0 aliphatic carbocycles. The highest BCUT2D eigenvalue weighted by atomic mass is 32.2. The molecule has 2 rings (SSSR count). The molecule has 0 spiro atoms. The number of thioether (sulfide) groups is 1. The number of allylic oxidation sites excluding steroid dienone is 1. The van der Waals surface area contributed by atoms with Gasteiger partial charge in [-0.15, -0.1) is 16.8 Å². The Morgan fingerprint density at radius 3 is 2.81 bits per heavy atom. The van der Waals surface area contributed by atoms with Gasteiger partial charge in [-0.25, -0.2) is 0 Å². The van der Waals surface area contributed by atoms with E-state index in [1.165, 1.54) is 22.9 Å². The van der Waals surface area contributed by atoms with Crippen LogP contribution in [0.4, 0.5) is 0 Å². The van der Waals surface area contributed by atoms with Gasteiger partial charge in [-0.1, -0.05) is 37.8 Å². The van der Waals surface area contributed by atoms with Crippen LogP contribution in [0.5, 0.6) is 5.75 Å². The molecule has 0 saturated carbocycles. The molecule has 6 nitrogen and oxygen atoms in total. The number of aryl methyl sites for hydroxylation is 2. The monoisotopic (exact) mass is 389 g/mol. The van der Waals surface area contributed by atoms with Gasteiger partial charge in [-0.2, -0.15) is 0 Å². The van der Waals surface area contributed by atoms with Gasteiger partial charge in [0.25, 0.3) is 0 Å².